The molecule has 0 atom stereocenters. The molecular formula is C21H28N4O4. The van der Waals surface area contributed by atoms with Gasteiger partial charge in [0.05, 0.1) is 11.4 Å². The first kappa shape index (κ1) is 20.8. The molecule has 2 aliphatic heterocycles. The molecule has 2 saturated heterocycles. The number of para-hydroxylation sites is 2. The van der Waals surface area contributed by atoms with Crippen molar-refractivity contribution in [3.8, 4) is 0 Å². The number of anilines is 2. The van der Waals surface area contributed by atoms with Gasteiger partial charge in [-0.15, -0.1) is 0 Å². The van der Waals surface area contributed by atoms with E-state index in [1.165, 1.54) is 0 Å². The lowest BCUT2D eigenvalue weighted by Gasteiger charge is -2.25. The van der Waals surface area contributed by atoms with Crippen LogP contribution in [0.3, 0.4) is 0 Å². The molecule has 2 heterocycles. The standard InChI is InChI=1S/C21H28N4O4/c1-3-11-21(12-4-2)19(28)25(20(29)23-21)14-17(26)22-15-8-5-6-9-16(15)24-13-7-10-18(24)27/h5-6,8-9H,3-4,7,10-14H2,1-2H3,(H,22,26)(H,23,29). The van der Waals surface area contributed by atoms with Crippen molar-refractivity contribution < 1.29 is 19.2 Å². The molecule has 0 spiro atoms. The molecule has 0 radical (unpaired) electrons. The van der Waals surface area contributed by atoms with Gasteiger partial charge in [0.2, 0.25) is 11.8 Å². The molecule has 0 aliphatic carbocycles. The van der Waals surface area contributed by atoms with Crippen LogP contribution in [-0.4, -0.2) is 47.3 Å². The van der Waals surface area contributed by atoms with Crippen LogP contribution in [-0.2, 0) is 14.4 Å². The lowest BCUT2D eigenvalue weighted by atomic mass is 9.88. The second-order valence-corrected chi connectivity index (χ2v) is 7.62. The maximum Gasteiger partial charge on any atom is 0.325 e. The number of nitrogens with one attached hydrogen (secondary N) is 2. The van der Waals surface area contributed by atoms with Crippen LogP contribution >= 0.6 is 0 Å². The minimum Gasteiger partial charge on any atom is -0.323 e. The van der Waals surface area contributed by atoms with Gasteiger partial charge >= 0.3 is 6.03 Å². The first-order valence-electron chi connectivity index (χ1n) is 10.2. The first-order valence-corrected chi connectivity index (χ1v) is 10.2. The number of nitrogens with zero attached hydrogens (tertiary/aromatic N) is 2. The molecule has 8 nitrogen and oxygen atoms in total. The van der Waals surface area contributed by atoms with Gasteiger partial charge in [-0.2, -0.15) is 0 Å². The summed E-state index contributed by atoms with van der Waals surface area (Å²) in [5.74, 6) is -0.800. The zero-order chi connectivity index (χ0) is 21.0. The van der Waals surface area contributed by atoms with Crippen molar-refractivity contribution in [2.45, 2.75) is 57.9 Å². The first-order chi connectivity index (χ1) is 13.9. The molecule has 0 bridgehead atoms. The minimum absolute atomic E-state index is 0.0183. The molecule has 2 aliphatic rings. The van der Waals surface area contributed by atoms with Crippen molar-refractivity contribution in [2.75, 3.05) is 23.3 Å². The van der Waals surface area contributed by atoms with Gasteiger partial charge in [0.15, 0.2) is 0 Å². The van der Waals surface area contributed by atoms with Gasteiger partial charge in [0.25, 0.3) is 5.91 Å². The van der Waals surface area contributed by atoms with Crippen molar-refractivity contribution in [1.82, 2.24) is 10.2 Å². The maximum atomic E-state index is 12.9. The summed E-state index contributed by atoms with van der Waals surface area (Å²) < 4.78 is 0. The largest absolute Gasteiger partial charge is 0.325 e. The zero-order valence-corrected chi connectivity index (χ0v) is 17.0. The predicted molar refractivity (Wildman–Crippen MR) is 109 cm³/mol. The third-order valence-electron chi connectivity index (χ3n) is 5.44. The Kier molecular flexibility index (Phi) is 6.20. The molecule has 5 amide bonds. The molecule has 2 fully saturated rings. The smallest absolute Gasteiger partial charge is 0.323 e. The van der Waals surface area contributed by atoms with E-state index < -0.39 is 17.5 Å². The molecular weight excluding hydrogens is 372 g/mol. The predicted octanol–water partition coefficient (Wildman–Crippen LogP) is 2.64. The average Bonchev–Trinajstić information content (AvgIpc) is 3.20. The normalized spacial score (nSPS) is 18.3. The van der Waals surface area contributed by atoms with Crippen LogP contribution in [0.4, 0.5) is 16.2 Å². The van der Waals surface area contributed by atoms with E-state index >= 15 is 0 Å². The third-order valence-corrected chi connectivity index (χ3v) is 5.44. The summed E-state index contributed by atoms with van der Waals surface area (Å²) in [6.07, 6.45) is 3.86. The highest BCUT2D eigenvalue weighted by molar-refractivity contribution is 6.10. The fourth-order valence-electron chi connectivity index (χ4n) is 4.19. The van der Waals surface area contributed by atoms with E-state index in [0.29, 0.717) is 37.2 Å². The van der Waals surface area contributed by atoms with Crippen LogP contribution in [0.5, 0.6) is 0 Å². The van der Waals surface area contributed by atoms with E-state index in [9.17, 15) is 19.2 Å². The Morgan fingerprint density at radius 2 is 1.83 bits per heavy atom. The number of hydrogen-bond donors (Lipinski definition) is 2. The molecule has 0 aromatic heterocycles. The number of imide groups is 1. The fraction of sp³-hybridized carbons (Fsp3) is 0.524. The molecule has 1 aromatic rings. The average molecular weight is 400 g/mol. The number of hydrogen-bond acceptors (Lipinski definition) is 4. The molecule has 0 saturated carbocycles. The molecule has 3 rings (SSSR count). The van der Waals surface area contributed by atoms with Crippen LogP contribution in [0, 0.1) is 0 Å². The number of urea groups is 1. The van der Waals surface area contributed by atoms with Crippen molar-refractivity contribution in [3.05, 3.63) is 24.3 Å². The van der Waals surface area contributed by atoms with Crippen LogP contribution in [0.2, 0.25) is 0 Å². The maximum absolute atomic E-state index is 12.9. The molecule has 156 valence electrons. The quantitative estimate of drug-likeness (QED) is 0.655. The number of carbonyl (C=O) groups excluding carboxylic acids is 4. The van der Waals surface area contributed by atoms with Gasteiger partial charge in [-0.1, -0.05) is 38.8 Å². The summed E-state index contributed by atoms with van der Waals surface area (Å²) in [6, 6.07) is 6.53. The Bertz CT molecular complexity index is 817. The zero-order valence-electron chi connectivity index (χ0n) is 17.0. The molecule has 2 N–H and O–H groups in total. The Labute approximate surface area is 170 Å². The van der Waals surface area contributed by atoms with Crippen molar-refractivity contribution >= 4 is 35.1 Å². The van der Waals surface area contributed by atoms with Gasteiger partial charge in [-0.3, -0.25) is 19.3 Å². The van der Waals surface area contributed by atoms with Gasteiger partial charge in [0, 0.05) is 13.0 Å². The van der Waals surface area contributed by atoms with Crippen molar-refractivity contribution in [2.24, 2.45) is 0 Å². The topological polar surface area (TPSA) is 98.8 Å². The van der Waals surface area contributed by atoms with E-state index in [1.807, 2.05) is 13.8 Å². The van der Waals surface area contributed by atoms with Crippen LogP contribution in [0.1, 0.15) is 52.4 Å². The minimum atomic E-state index is -0.916. The molecule has 1 aromatic carbocycles. The fourth-order valence-corrected chi connectivity index (χ4v) is 4.19. The van der Waals surface area contributed by atoms with Crippen LogP contribution < -0.4 is 15.5 Å². The van der Waals surface area contributed by atoms with Crippen molar-refractivity contribution in [3.63, 3.8) is 0 Å². The highest BCUT2D eigenvalue weighted by Gasteiger charge is 2.50. The van der Waals surface area contributed by atoms with Gasteiger partial charge < -0.3 is 15.5 Å². The lowest BCUT2D eigenvalue weighted by molar-refractivity contribution is -0.134. The summed E-state index contributed by atoms with van der Waals surface area (Å²) in [4.78, 5) is 52.7. The van der Waals surface area contributed by atoms with Crippen LogP contribution in [0.25, 0.3) is 0 Å². The highest BCUT2D eigenvalue weighted by Crippen LogP contribution is 2.30. The summed E-state index contributed by atoms with van der Waals surface area (Å²) in [6.45, 7) is 4.17. The molecule has 29 heavy (non-hydrogen) atoms. The Balaban J connectivity index is 1.72. The number of carbonyl (C=O) groups is 4. The second-order valence-electron chi connectivity index (χ2n) is 7.62. The number of benzene rings is 1. The third kappa shape index (κ3) is 4.11. The van der Waals surface area contributed by atoms with Gasteiger partial charge in [-0.25, -0.2) is 4.79 Å². The Morgan fingerprint density at radius 3 is 2.45 bits per heavy atom. The van der Waals surface area contributed by atoms with Gasteiger partial charge in [0.1, 0.15) is 12.1 Å². The Morgan fingerprint density at radius 1 is 1.14 bits per heavy atom. The number of amides is 5. The SMILES string of the molecule is CCCC1(CCC)NC(=O)N(CC(=O)Nc2ccccc2N2CCCC2=O)C1=O. The monoisotopic (exact) mass is 400 g/mol. The summed E-state index contributed by atoms with van der Waals surface area (Å²) in [5, 5.41) is 5.57. The van der Waals surface area contributed by atoms with Gasteiger partial charge in [-0.05, 0) is 31.4 Å². The Hall–Kier alpha value is -2.90. The van der Waals surface area contributed by atoms with Crippen molar-refractivity contribution in [1.29, 1.82) is 0 Å². The number of rotatable bonds is 8. The lowest BCUT2D eigenvalue weighted by Crippen LogP contribution is -2.47. The van der Waals surface area contributed by atoms with E-state index in [2.05, 4.69) is 10.6 Å². The van der Waals surface area contributed by atoms with Crippen LogP contribution in [0.15, 0.2) is 24.3 Å². The molecule has 0 unspecified atom stereocenters. The highest BCUT2D eigenvalue weighted by atomic mass is 16.2. The van der Waals surface area contributed by atoms with E-state index in [-0.39, 0.29) is 18.4 Å². The van der Waals surface area contributed by atoms with E-state index in [0.717, 1.165) is 24.2 Å². The van der Waals surface area contributed by atoms with E-state index in [4.69, 9.17) is 0 Å². The molecule has 8 heteroatoms. The van der Waals surface area contributed by atoms with E-state index in [1.54, 1.807) is 29.2 Å². The second kappa shape index (κ2) is 8.63. The summed E-state index contributed by atoms with van der Waals surface area (Å²) in [7, 11) is 0. The summed E-state index contributed by atoms with van der Waals surface area (Å²) in [5.41, 5.74) is 0.209. The summed E-state index contributed by atoms with van der Waals surface area (Å²) >= 11 is 0.